The molecule has 13 nitrogen and oxygen atoms in total. The lowest BCUT2D eigenvalue weighted by Crippen LogP contribution is -2.57. The number of pyridine rings is 1. The van der Waals surface area contributed by atoms with E-state index < -0.39 is 50.3 Å². The zero-order valence-electron chi connectivity index (χ0n) is 29.9. The fourth-order valence-corrected chi connectivity index (χ4v) is 9.15. The molecule has 1 aromatic carbocycles. The number of nitrogens with zero attached hydrogens (tertiary/aromatic N) is 3. The second-order valence-electron chi connectivity index (χ2n) is 14.9. The molecule has 3 fully saturated rings. The molecule has 278 valence electrons. The fraction of sp³-hybridized carbons (Fsp3) is 0.541. The second-order valence-corrected chi connectivity index (χ2v) is 18.0. The van der Waals surface area contributed by atoms with Crippen LogP contribution in [0.1, 0.15) is 83.7 Å². The summed E-state index contributed by atoms with van der Waals surface area (Å²) in [5, 5.41) is 9.38. The van der Waals surface area contributed by atoms with Crippen LogP contribution in [-0.4, -0.2) is 83.8 Å². The third-order valence-electron chi connectivity index (χ3n) is 10.7. The van der Waals surface area contributed by atoms with Gasteiger partial charge in [0.05, 0.1) is 29.6 Å². The summed E-state index contributed by atoms with van der Waals surface area (Å²) >= 11 is 1.50. The van der Waals surface area contributed by atoms with Crippen molar-refractivity contribution in [3.05, 3.63) is 47.5 Å². The Labute approximate surface area is 308 Å². The van der Waals surface area contributed by atoms with Gasteiger partial charge in [0, 0.05) is 41.8 Å². The van der Waals surface area contributed by atoms with Crippen LogP contribution in [0.25, 0.3) is 21.6 Å². The molecule has 4 amide bonds. The molecule has 3 aromatic rings. The first kappa shape index (κ1) is 36.1. The van der Waals surface area contributed by atoms with E-state index in [1.807, 2.05) is 41.8 Å². The molecule has 2 aliphatic carbocycles. The van der Waals surface area contributed by atoms with E-state index >= 15 is 0 Å². The number of urea groups is 1. The Morgan fingerprint density at radius 3 is 2.67 bits per heavy atom. The summed E-state index contributed by atoms with van der Waals surface area (Å²) in [5.74, 6) is -0.244. The van der Waals surface area contributed by atoms with Gasteiger partial charge >= 0.3 is 6.03 Å². The van der Waals surface area contributed by atoms with Gasteiger partial charge in [0.2, 0.25) is 15.9 Å². The van der Waals surface area contributed by atoms with Crippen LogP contribution < -0.4 is 24.8 Å². The first-order valence-corrected chi connectivity index (χ1v) is 20.4. The maximum Gasteiger partial charge on any atom is 0.318 e. The number of allylic oxidation sites excluding steroid dienone is 1. The van der Waals surface area contributed by atoms with Gasteiger partial charge in [-0.05, 0) is 63.5 Å². The number of thiazole rings is 1. The lowest BCUT2D eigenvalue weighted by Gasteiger charge is -2.27. The van der Waals surface area contributed by atoms with Crippen molar-refractivity contribution in [2.45, 2.75) is 100 Å². The van der Waals surface area contributed by atoms with Crippen molar-refractivity contribution in [3.8, 4) is 22.2 Å². The van der Waals surface area contributed by atoms with Gasteiger partial charge in [-0.1, -0.05) is 32.4 Å². The highest BCUT2D eigenvalue weighted by atomic mass is 32.2. The minimum atomic E-state index is -3.94. The number of fused-ring (bicyclic) bond motifs is 3. The number of hydrogen-bond donors (Lipinski definition) is 3. The number of hydrogen-bond acceptors (Lipinski definition) is 10. The number of methoxy groups -OCH3 is 1. The average Bonchev–Trinajstić information content (AvgIpc) is 3.88. The minimum absolute atomic E-state index is 0.114. The molecule has 2 saturated carbocycles. The first-order valence-electron chi connectivity index (χ1n) is 18.0. The molecule has 2 aromatic heterocycles. The Kier molecular flexibility index (Phi) is 9.70. The normalized spacial score (nSPS) is 26.0. The number of amides is 4. The van der Waals surface area contributed by atoms with Gasteiger partial charge in [-0.15, -0.1) is 11.3 Å². The number of carbonyl (C=O) groups excluding carboxylic acids is 3. The predicted molar refractivity (Wildman–Crippen MR) is 198 cm³/mol. The number of carbonyl (C=O) groups is 3. The number of aromatic nitrogens is 2. The standard InChI is InChI=1S/C37H46N6O7S2/c1-22(2)29-21-51-33(40-29)28-18-31(26-12-11-24(49-4)16-27(26)39-28)50-25-17-30-32(44)41-37(34(45)42-52(47,48)36(3)13-14-36)19-23(37)10-8-6-5-7-9-15-38-35(46)43(30)20-25/h8,10-12,16,18,21-23,25,30H,5-7,9,13-15,17,19-20H2,1-4H3,(H,38,46)(H,41,44)(H,42,45)/t23-,25-,30+,37-/m1/s1. The highest BCUT2D eigenvalue weighted by molar-refractivity contribution is 7.91. The summed E-state index contributed by atoms with van der Waals surface area (Å²) in [7, 11) is -2.34. The van der Waals surface area contributed by atoms with Crippen LogP contribution >= 0.6 is 11.3 Å². The third-order valence-corrected chi connectivity index (χ3v) is 13.8. The molecule has 52 heavy (non-hydrogen) atoms. The lowest BCUT2D eigenvalue weighted by atomic mass is 10.1. The van der Waals surface area contributed by atoms with Crippen molar-refractivity contribution in [2.75, 3.05) is 20.2 Å². The largest absolute Gasteiger partial charge is 0.497 e. The molecular formula is C37H46N6O7S2. The van der Waals surface area contributed by atoms with Gasteiger partial charge in [0.1, 0.15) is 39.9 Å². The summed E-state index contributed by atoms with van der Waals surface area (Å²) in [6, 6.07) is 6.00. The molecule has 0 bridgehead atoms. The number of benzene rings is 1. The highest BCUT2D eigenvalue weighted by Gasteiger charge is 2.63. The summed E-state index contributed by atoms with van der Waals surface area (Å²) in [6.07, 6.45) is 8.00. The van der Waals surface area contributed by atoms with Crippen molar-refractivity contribution < 1.29 is 32.3 Å². The van der Waals surface area contributed by atoms with Gasteiger partial charge in [-0.3, -0.25) is 14.3 Å². The van der Waals surface area contributed by atoms with Gasteiger partial charge in [0.15, 0.2) is 0 Å². The van der Waals surface area contributed by atoms with E-state index in [0.29, 0.717) is 42.1 Å². The van der Waals surface area contributed by atoms with Crippen LogP contribution in [-0.2, 0) is 19.6 Å². The molecule has 4 aliphatic rings. The monoisotopic (exact) mass is 750 g/mol. The molecule has 0 unspecified atom stereocenters. The van der Waals surface area contributed by atoms with Gasteiger partial charge in [0.25, 0.3) is 5.91 Å². The number of nitrogens with one attached hydrogen (secondary N) is 3. The molecule has 4 heterocycles. The fourth-order valence-electron chi connectivity index (χ4n) is 6.90. The average molecular weight is 751 g/mol. The summed E-state index contributed by atoms with van der Waals surface area (Å²) < 4.78 is 39.6. The SMILES string of the molecule is COc1ccc2c(O[C@@H]3C[C@H]4C(=O)N[C@]5(C(=O)NS(=O)(=O)C6(C)CC6)C[C@H]5C=CCCCCCNC(=O)N4C3)cc(-c3nc(C(C)C)cs3)nc2c1. The lowest BCUT2D eigenvalue weighted by molar-refractivity contribution is -0.131. The maximum atomic E-state index is 14.2. The van der Waals surface area contributed by atoms with Crippen molar-refractivity contribution in [2.24, 2.45) is 5.92 Å². The van der Waals surface area contributed by atoms with Gasteiger partial charge in [-0.25, -0.2) is 23.2 Å². The highest BCUT2D eigenvalue weighted by Crippen LogP contribution is 2.47. The van der Waals surface area contributed by atoms with Crippen LogP contribution in [0.4, 0.5) is 4.79 Å². The number of ether oxygens (including phenoxy) is 2. The predicted octanol–water partition coefficient (Wildman–Crippen LogP) is 5.03. The molecule has 7 rings (SSSR count). The molecule has 15 heteroatoms. The van der Waals surface area contributed by atoms with Crippen LogP contribution in [0.2, 0.25) is 0 Å². The van der Waals surface area contributed by atoms with Crippen molar-refractivity contribution >= 4 is 50.1 Å². The van der Waals surface area contributed by atoms with Crippen molar-refractivity contribution in [3.63, 3.8) is 0 Å². The van der Waals surface area contributed by atoms with E-state index in [9.17, 15) is 22.8 Å². The quantitative estimate of drug-likeness (QED) is 0.268. The van der Waals surface area contributed by atoms with E-state index in [4.69, 9.17) is 19.4 Å². The smallest absolute Gasteiger partial charge is 0.318 e. The second kappa shape index (κ2) is 14.0. The Bertz CT molecular complexity index is 2030. The van der Waals surface area contributed by atoms with Crippen LogP contribution in [0.5, 0.6) is 11.5 Å². The molecule has 1 saturated heterocycles. The van der Waals surface area contributed by atoms with E-state index in [-0.39, 0.29) is 31.2 Å². The van der Waals surface area contributed by atoms with Crippen LogP contribution in [0.15, 0.2) is 41.8 Å². The van der Waals surface area contributed by atoms with E-state index in [1.54, 1.807) is 14.0 Å². The molecule has 3 N–H and O–H groups in total. The van der Waals surface area contributed by atoms with Crippen LogP contribution in [0, 0.1) is 5.92 Å². The zero-order valence-corrected chi connectivity index (χ0v) is 31.6. The summed E-state index contributed by atoms with van der Waals surface area (Å²) in [4.78, 5) is 52.7. The van der Waals surface area contributed by atoms with Gasteiger partial charge < -0.3 is 25.0 Å². The Morgan fingerprint density at radius 1 is 1.13 bits per heavy atom. The first-order chi connectivity index (χ1) is 24.8. The minimum Gasteiger partial charge on any atom is -0.497 e. The molecular weight excluding hydrogens is 705 g/mol. The van der Waals surface area contributed by atoms with E-state index in [2.05, 4.69) is 29.2 Å². The molecule has 0 spiro atoms. The zero-order chi connectivity index (χ0) is 36.8. The molecule has 2 aliphatic heterocycles. The van der Waals surface area contributed by atoms with Gasteiger partial charge in [-0.2, -0.15) is 0 Å². The van der Waals surface area contributed by atoms with Crippen molar-refractivity contribution in [1.82, 2.24) is 30.2 Å². The molecule has 0 radical (unpaired) electrons. The summed E-state index contributed by atoms with van der Waals surface area (Å²) in [5.41, 5.74) is 0.802. The van der Waals surface area contributed by atoms with E-state index in [0.717, 1.165) is 41.8 Å². The summed E-state index contributed by atoms with van der Waals surface area (Å²) in [6.45, 7) is 6.35. The maximum absolute atomic E-state index is 14.2. The molecule has 4 atom stereocenters. The Morgan fingerprint density at radius 2 is 1.94 bits per heavy atom. The number of rotatable bonds is 8. The van der Waals surface area contributed by atoms with E-state index in [1.165, 1.54) is 16.2 Å². The topological polar surface area (TPSA) is 169 Å². The third kappa shape index (κ3) is 7.08. The Balaban J connectivity index is 1.18. The van der Waals surface area contributed by atoms with Crippen LogP contribution in [0.3, 0.4) is 0 Å². The van der Waals surface area contributed by atoms with Crippen molar-refractivity contribution in [1.29, 1.82) is 0 Å². The Hall–Kier alpha value is -4.24. The number of sulfonamides is 1.